The summed E-state index contributed by atoms with van der Waals surface area (Å²) in [4.78, 5) is 7.76. The van der Waals surface area contributed by atoms with Gasteiger partial charge in [-0.05, 0) is 6.07 Å². The smallest absolute Gasteiger partial charge is 0.116 e. The van der Waals surface area contributed by atoms with E-state index in [-0.39, 0.29) is 5.88 Å². The second-order valence-electron chi connectivity index (χ2n) is 2.17. The molecule has 0 aliphatic carbocycles. The number of alkyl halides is 1. The Bertz CT molecular complexity index is 222. The summed E-state index contributed by atoms with van der Waals surface area (Å²) in [5.41, 5.74) is 0. The van der Waals surface area contributed by atoms with Crippen molar-refractivity contribution in [2.75, 3.05) is 11.6 Å². The van der Waals surface area contributed by atoms with Gasteiger partial charge in [0.05, 0.1) is 11.1 Å². The molecule has 0 aromatic carbocycles. The number of aliphatic hydroxyl groups is 1. The van der Waals surface area contributed by atoms with Gasteiger partial charge in [-0.3, -0.25) is 0 Å². The van der Waals surface area contributed by atoms with Gasteiger partial charge in [0, 0.05) is 17.8 Å². The first-order valence-electron chi connectivity index (χ1n) is 3.45. The van der Waals surface area contributed by atoms with Gasteiger partial charge in [-0.15, -0.1) is 23.4 Å². The first kappa shape index (κ1) is 9.77. The maximum absolute atomic E-state index is 9.12. The van der Waals surface area contributed by atoms with E-state index in [0.717, 1.165) is 5.03 Å². The van der Waals surface area contributed by atoms with Crippen LogP contribution in [0.1, 0.15) is 0 Å². The molecule has 1 N–H and O–H groups in total. The number of aliphatic hydroxyl groups excluding tert-OH is 1. The van der Waals surface area contributed by atoms with Crippen LogP contribution in [0.3, 0.4) is 0 Å². The maximum Gasteiger partial charge on any atom is 0.116 e. The van der Waals surface area contributed by atoms with Gasteiger partial charge in [0.2, 0.25) is 0 Å². The predicted octanol–water partition coefficient (Wildman–Crippen LogP) is 1.17. The standard InChI is InChI=1S/C7H9ClN2OS/c8-3-6(11)4-12-7-1-2-9-5-10-7/h1-2,5-6,11H,3-4H2. The first-order chi connectivity index (χ1) is 5.83. The molecule has 1 rings (SSSR count). The van der Waals surface area contributed by atoms with Crippen LogP contribution in [0.2, 0.25) is 0 Å². The molecule has 0 bridgehead atoms. The monoisotopic (exact) mass is 204 g/mol. The highest BCUT2D eigenvalue weighted by molar-refractivity contribution is 7.99. The van der Waals surface area contributed by atoms with Crippen LogP contribution in [-0.4, -0.2) is 32.8 Å². The molecule has 0 spiro atoms. The van der Waals surface area contributed by atoms with Gasteiger partial charge < -0.3 is 5.11 Å². The number of rotatable bonds is 4. The molecule has 0 radical (unpaired) electrons. The van der Waals surface area contributed by atoms with Gasteiger partial charge in [0.1, 0.15) is 6.33 Å². The Hall–Kier alpha value is -0.320. The van der Waals surface area contributed by atoms with Gasteiger partial charge in [-0.2, -0.15) is 0 Å². The topological polar surface area (TPSA) is 46.0 Å². The molecule has 0 aliphatic rings. The Balaban J connectivity index is 2.33. The van der Waals surface area contributed by atoms with Gasteiger partial charge in [0.15, 0.2) is 0 Å². The third kappa shape index (κ3) is 3.38. The van der Waals surface area contributed by atoms with Crippen molar-refractivity contribution in [2.45, 2.75) is 11.1 Å². The highest BCUT2D eigenvalue weighted by Gasteiger charge is 2.02. The fourth-order valence-corrected chi connectivity index (χ4v) is 1.59. The summed E-state index contributed by atoms with van der Waals surface area (Å²) in [5, 5.41) is 9.98. The fraction of sp³-hybridized carbons (Fsp3) is 0.429. The van der Waals surface area contributed by atoms with Crippen LogP contribution >= 0.6 is 23.4 Å². The number of halogens is 1. The molecule has 0 saturated carbocycles. The molecule has 1 aromatic rings. The van der Waals surface area contributed by atoms with Crippen LogP contribution in [0.4, 0.5) is 0 Å². The van der Waals surface area contributed by atoms with E-state index in [1.807, 2.05) is 0 Å². The Morgan fingerprint density at radius 1 is 1.67 bits per heavy atom. The quantitative estimate of drug-likeness (QED) is 0.455. The maximum atomic E-state index is 9.12. The average Bonchev–Trinajstić information content (AvgIpc) is 2.16. The lowest BCUT2D eigenvalue weighted by Crippen LogP contribution is -2.11. The number of hydrogen-bond donors (Lipinski definition) is 1. The van der Waals surface area contributed by atoms with Crippen molar-refractivity contribution in [1.29, 1.82) is 0 Å². The number of aromatic nitrogens is 2. The highest BCUT2D eigenvalue weighted by atomic mass is 35.5. The lowest BCUT2D eigenvalue weighted by Gasteiger charge is -2.04. The van der Waals surface area contributed by atoms with E-state index in [0.29, 0.717) is 5.75 Å². The van der Waals surface area contributed by atoms with Crippen molar-refractivity contribution in [3.8, 4) is 0 Å². The Kier molecular flexibility index (Phi) is 4.35. The van der Waals surface area contributed by atoms with E-state index in [2.05, 4.69) is 9.97 Å². The summed E-state index contributed by atoms with van der Waals surface area (Å²) in [6, 6.07) is 1.80. The fourth-order valence-electron chi connectivity index (χ4n) is 0.590. The molecule has 1 atom stereocenters. The number of hydrogen-bond acceptors (Lipinski definition) is 4. The molecule has 0 fully saturated rings. The first-order valence-corrected chi connectivity index (χ1v) is 4.98. The highest BCUT2D eigenvalue weighted by Crippen LogP contribution is 2.14. The van der Waals surface area contributed by atoms with E-state index in [1.54, 1.807) is 12.3 Å². The van der Waals surface area contributed by atoms with Crippen LogP contribution in [0.25, 0.3) is 0 Å². The van der Waals surface area contributed by atoms with Crippen molar-refractivity contribution in [1.82, 2.24) is 9.97 Å². The predicted molar refractivity (Wildman–Crippen MR) is 49.5 cm³/mol. The van der Waals surface area contributed by atoms with E-state index >= 15 is 0 Å². The van der Waals surface area contributed by atoms with Crippen molar-refractivity contribution < 1.29 is 5.11 Å². The normalized spacial score (nSPS) is 12.8. The second kappa shape index (κ2) is 5.35. The molecular weight excluding hydrogens is 196 g/mol. The molecule has 1 heterocycles. The largest absolute Gasteiger partial charge is 0.391 e. The SMILES string of the molecule is OC(CCl)CSc1ccncn1. The van der Waals surface area contributed by atoms with Gasteiger partial charge in [0.25, 0.3) is 0 Å². The molecule has 0 saturated heterocycles. The van der Waals surface area contributed by atoms with Crippen molar-refractivity contribution in [2.24, 2.45) is 0 Å². The molecule has 12 heavy (non-hydrogen) atoms. The van der Waals surface area contributed by atoms with E-state index in [4.69, 9.17) is 16.7 Å². The zero-order valence-corrected chi connectivity index (χ0v) is 7.92. The molecule has 1 unspecified atom stereocenters. The van der Waals surface area contributed by atoms with Crippen LogP contribution in [0, 0.1) is 0 Å². The zero-order chi connectivity index (χ0) is 8.81. The molecule has 3 nitrogen and oxygen atoms in total. The van der Waals surface area contributed by atoms with Crippen LogP contribution in [0.15, 0.2) is 23.6 Å². The number of thioether (sulfide) groups is 1. The Morgan fingerprint density at radius 2 is 2.50 bits per heavy atom. The van der Waals surface area contributed by atoms with Gasteiger partial charge in [-0.25, -0.2) is 9.97 Å². The lowest BCUT2D eigenvalue weighted by molar-refractivity contribution is 0.223. The molecule has 0 amide bonds. The summed E-state index contributed by atoms with van der Waals surface area (Å²) >= 11 is 6.89. The molecule has 5 heteroatoms. The average molecular weight is 205 g/mol. The Morgan fingerprint density at radius 3 is 3.08 bits per heavy atom. The summed E-state index contributed by atoms with van der Waals surface area (Å²) in [5.74, 6) is 0.832. The minimum absolute atomic E-state index is 0.262. The summed E-state index contributed by atoms with van der Waals surface area (Å²) < 4.78 is 0. The van der Waals surface area contributed by atoms with Gasteiger partial charge in [-0.1, -0.05) is 0 Å². The third-order valence-corrected chi connectivity index (χ3v) is 2.60. The van der Waals surface area contributed by atoms with Crippen molar-refractivity contribution >= 4 is 23.4 Å². The Labute approximate surface area is 80.2 Å². The van der Waals surface area contributed by atoms with Gasteiger partial charge >= 0.3 is 0 Å². The van der Waals surface area contributed by atoms with Crippen LogP contribution in [-0.2, 0) is 0 Å². The van der Waals surface area contributed by atoms with E-state index in [9.17, 15) is 0 Å². The van der Waals surface area contributed by atoms with E-state index in [1.165, 1.54) is 18.1 Å². The lowest BCUT2D eigenvalue weighted by atomic mass is 10.5. The minimum Gasteiger partial charge on any atom is -0.391 e. The minimum atomic E-state index is -0.466. The van der Waals surface area contributed by atoms with Crippen LogP contribution < -0.4 is 0 Å². The summed E-state index contributed by atoms with van der Waals surface area (Å²) in [6.07, 6.45) is 2.68. The van der Waals surface area contributed by atoms with Crippen LogP contribution in [0.5, 0.6) is 0 Å². The zero-order valence-electron chi connectivity index (χ0n) is 6.35. The molecule has 0 aliphatic heterocycles. The third-order valence-electron chi connectivity index (χ3n) is 1.16. The van der Waals surface area contributed by atoms with E-state index < -0.39 is 6.10 Å². The van der Waals surface area contributed by atoms with Crippen molar-refractivity contribution in [3.63, 3.8) is 0 Å². The molecule has 1 aromatic heterocycles. The molecular formula is C7H9ClN2OS. The second-order valence-corrected chi connectivity index (χ2v) is 3.52. The molecule has 66 valence electrons. The van der Waals surface area contributed by atoms with Crippen molar-refractivity contribution in [3.05, 3.63) is 18.6 Å². The summed E-state index contributed by atoms with van der Waals surface area (Å²) in [7, 11) is 0. The summed E-state index contributed by atoms with van der Waals surface area (Å²) in [6.45, 7) is 0. The number of nitrogens with zero attached hydrogens (tertiary/aromatic N) is 2.